The van der Waals surface area contributed by atoms with Crippen LogP contribution in [0.3, 0.4) is 0 Å². The summed E-state index contributed by atoms with van der Waals surface area (Å²) in [5.41, 5.74) is 0.511. The number of fused-ring (bicyclic) bond motifs is 1. The normalized spacial score (nSPS) is 20.0. The van der Waals surface area contributed by atoms with Crippen molar-refractivity contribution in [3.8, 4) is 6.01 Å². The Morgan fingerprint density at radius 3 is 3.16 bits per heavy atom. The van der Waals surface area contributed by atoms with E-state index >= 15 is 0 Å². The average molecular weight is 262 g/mol. The Labute approximate surface area is 110 Å². The van der Waals surface area contributed by atoms with Crippen molar-refractivity contribution in [2.45, 2.75) is 18.9 Å². The smallest absolute Gasteiger partial charge is 0.319 e. The topological polar surface area (TPSA) is 51.1 Å². The SMILES string of the molecule is CN1CCC[C@H]1COc1nc(F)c2cnccc2n1. The van der Waals surface area contributed by atoms with E-state index in [1.165, 1.54) is 12.6 Å². The largest absolute Gasteiger partial charge is 0.462 e. The van der Waals surface area contributed by atoms with Gasteiger partial charge in [0.25, 0.3) is 0 Å². The first-order valence-electron chi connectivity index (χ1n) is 6.34. The third kappa shape index (κ3) is 2.49. The molecule has 0 aromatic carbocycles. The molecule has 100 valence electrons. The molecule has 1 atom stereocenters. The number of halogens is 1. The molecule has 0 spiro atoms. The molecule has 2 aromatic rings. The van der Waals surface area contributed by atoms with E-state index in [4.69, 9.17) is 4.74 Å². The predicted octanol–water partition coefficient (Wildman–Crippen LogP) is 1.64. The van der Waals surface area contributed by atoms with Crippen molar-refractivity contribution in [2.24, 2.45) is 0 Å². The van der Waals surface area contributed by atoms with Gasteiger partial charge in [-0.3, -0.25) is 4.98 Å². The van der Waals surface area contributed by atoms with E-state index in [0.717, 1.165) is 13.0 Å². The molecule has 1 aliphatic heterocycles. The van der Waals surface area contributed by atoms with E-state index in [1.54, 1.807) is 12.3 Å². The number of rotatable bonds is 3. The Hall–Kier alpha value is -1.82. The van der Waals surface area contributed by atoms with Crippen molar-refractivity contribution in [2.75, 3.05) is 20.2 Å². The average Bonchev–Trinajstić information content (AvgIpc) is 2.82. The van der Waals surface area contributed by atoms with Gasteiger partial charge in [-0.2, -0.15) is 14.4 Å². The highest BCUT2D eigenvalue weighted by Gasteiger charge is 2.21. The Balaban J connectivity index is 1.77. The van der Waals surface area contributed by atoms with Crippen molar-refractivity contribution < 1.29 is 9.13 Å². The summed E-state index contributed by atoms with van der Waals surface area (Å²) in [6.45, 7) is 1.57. The van der Waals surface area contributed by atoms with Gasteiger partial charge in [0.05, 0.1) is 10.9 Å². The molecule has 1 fully saturated rings. The highest BCUT2D eigenvalue weighted by Crippen LogP contribution is 2.18. The molecule has 0 aliphatic carbocycles. The number of likely N-dealkylation sites (N-methyl/N-ethyl adjacent to an activating group) is 1. The Morgan fingerprint density at radius 1 is 1.47 bits per heavy atom. The summed E-state index contributed by atoms with van der Waals surface area (Å²) in [4.78, 5) is 14.0. The second-order valence-electron chi connectivity index (χ2n) is 4.78. The lowest BCUT2D eigenvalue weighted by Crippen LogP contribution is -2.30. The van der Waals surface area contributed by atoms with Crippen LogP contribution in [0.1, 0.15) is 12.8 Å². The number of hydrogen-bond acceptors (Lipinski definition) is 5. The van der Waals surface area contributed by atoms with Gasteiger partial charge < -0.3 is 9.64 Å². The van der Waals surface area contributed by atoms with Gasteiger partial charge in [-0.1, -0.05) is 0 Å². The summed E-state index contributed by atoms with van der Waals surface area (Å²) >= 11 is 0. The van der Waals surface area contributed by atoms with Crippen molar-refractivity contribution in [1.82, 2.24) is 19.9 Å². The lowest BCUT2D eigenvalue weighted by molar-refractivity contribution is 0.187. The van der Waals surface area contributed by atoms with Gasteiger partial charge in [-0.15, -0.1) is 0 Å². The number of aromatic nitrogens is 3. The van der Waals surface area contributed by atoms with Crippen molar-refractivity contribution in [3.63, 3.8) is 0 Å². The number of ether oxygens (including phenoxy) is 1. The summed E-state index contributed by atoms with van der Waals surface area (Å²) in [6, 6.07) is 2.10. The van der Waals surface area contributed by atoms with Crippen LogP contribution in [-0.2, 0) is 0 Å². The third-order valence-electron chi connectivity index (χ3n) is 3.51. The van der Waals surface area contributed by atoms with Gasteiger partial charge in [-0.05, 0) is 32.5 Å². The lowest BCUT2D eigenvalue weighted by Gasteiger charge is -2.18. The predicted molar refractivity (Wildman–Crippen MR) is 68.4 cm³/mol. The van der Waals surface area contributed by atoms with Gasteiger partial charge in [-0.25, -0.2) is 0 Å². The molecule has 0 N–H and O–H groups in total. The number of pyridine rings is 1. The highest BCUT2D eigenvalue weighted by molar-refractivity contribution is 5.77. The van der Waals surface area contributed by atoms with Crippen LogP contribution in [-0.4, -0.2) is 46.1 Å². The van der Waals surface area contributed by atoms with Crippen LogP contribution in [0.2, 0.25) is 0 Å². The van der Waals surface area contributed by atoms with E-state index in [-0.39, 0.29) is 6.01 Å². The fourth-order valence-corrected chi connectivity index (χ4v) is 2.34. The molecule has 0 bridgehead atoms. The molecule has 0 saturated carbocycles. The Bertz CT molecular complexity index is 592. The second-order valence-corrected chi connectivity index (χ2v) is 4.78. The lowest BCUT2D eigenvalue weighted by atomic mass is 10.2. The second kappa shape index (κ2) is 5.05. The first-order chi connectivity index (χ1) is 9.24. The van der Waals surface area contributed by atoms with E-state index < -0.39 is 5.95 Å². The number of likely N-dealkylation sites (tertiary alicyclic amines) is 1. The molecule has 2 aromatic heterocycles. The van der Waals surface area contributed by atoms with Gasteiger partial charge in [0.1, 0.15) is 6.61 Å². The minimum atomic E-state index is -0.590. The Morgan fingerprint density at radius 2 is 2.37 bits per heavy atom. The van der Waals surface area contributed by atoms with E-state index in [1.807, 2.05) is 0 Å². The zero-order valence-electron chi connectivity index (χ0n) is 10.7. The highest BCUT2D eigenvalue weighted by atomic mass is 19.1. The van der Waals surface area contributed by atoms with Crippen LogP contribution in [0.25, 0.3) is 10.9 Å². The monoisotopic (exact) mass is 262 g/mol. The maximum Gasteiger partial charge on any atom is 0.319 e. The quantitative estimate of drug-likeness (QED) is 0.787. The third-order valence-corrected chi connectivity index (χ3v) is 3.51. The minimum absolute atomic E-state index is 0.0940. The van der Waals surface area contributed by atoms with Crippen LogP contribution < -0.4 is 4.74 Å². The van der Waals surface area contributed by atoms with Crippen LogP contribution in [0, 0.1) is 5.95 Å². The first kappa shape index (κ1) is 12.2. The molecule has 6 heteroatoms. The molecule has 1 aliphatic rings. The summed E-state index contributed by atoms with van der Waals surface area (Å²) < 4.78 is 19.3. The molecule has 19 heavy (non-hydrogen) atoms. The minimum Gasteiger partial charge on any atom is -0.462 e. The van der Waals surface area contributed by atoms with E-state index in [0.29, 0.717) is 23.6 Å². The van der Waals surface area contributed by atoms with Gasteiger partial charge in [0.15, 0.2) is 0 Å². The molecular formula is C13H15FN4O. The van der Waals surface area contributed by atoms with E-state index in [2.05, 4.69) is 26.9 Å². The molecule has 0 amide bonds. The summed E-state index contributed by atoms with van der Waals surface area (Å²) in [5.74, 6) is -0.590. The van der Waals surface area contributed by atoms with Gasteiger partial charge >= 0.3 is 6.01 Å². The molecule has 0 radical (unpaired) electrons. The van der Waals surface area contributed by atoms with Crippen molar-refractivity contribution in [3.05, 3.63) is 24.4 Å². The summed E-state index contributed by atoms with van der Waals surface area (Å²) in [7, 11) is 2.06. The standard InChI is InChI=1S/C13H15FN4O/c1-18-6-2-3-9(18)8-19-13-16-11-4-5-15-7-10(11)12(14)17-13/h4-5,7,9H,2-3,6,8H2,1H3/t9-/m0/s1. The van der Waals surface area contributed by atoms with Crippen LogP contribution in [0.15, 0.2) is 18.5 Å². The maximum absolute atomic E-state index is 13.7. The molecule has 5 nitrogen and oxygen atoms in total. The fraction of sp³-hybridized carbons (Fsp3) is 0.462. The Kier molecular flexibility index (Phi) is 3.25. The number of hydrogen-bond donors (Lipinski definition) is 0. The van der Waals surface area contributed by atoms with Crippen molar-refractivity contribution >= 4 is 10.9 Å². The molecular weight excluding hydrogens is 247 g/mol. The maximum atomic E-state index is 13.7. The summed E-state index contributed by atoms with van der Waals surface area (Å²) in [5, 5.41) is 0.313. The zero-order valence-corrected chi connectivity index (χ0v) is 10.7. The van der Waals surface area contributed by atoms with Crippen molar-refractivity contribution in [1.29, 1.82) is 0 Å². The summed E-state index contributed by atoms with van der Waals surface area (Å²) in [6.07, 6.45) is 5.25. The fourth-order valence-electron chi connectivity index (χ4n) is 2.34. The first-order valence-corrected chi connectivity index (χ1v) is 6.34. The van der Waals surface area contributed by atoms with Crippen LogP contribution in [0.4, 0.5) is 4.39 Å². The van der Waals surface area contributed by atoms with Crippen LogP contribution >= 0.6 is 0 Å². The molecule has 1 saturated heterocycles. The zero-order chi connectivity index (χ0) is 13.2. The molecule has 0 unspecified atom stereocenters. The number of nitrogens with zero attached hydrogens (tertiary/aromatic N) is 4. The molecule has 3 heterocycles. The van der Waals surface area contributed by atoms with Gasteiger partial charge in [0.2, 0.25) is 5.95 Å². The van der Waals surface area contributed by atoms with E-state index in [9.17, 15) is 4.39 Å². The molecule has 3 rings (SSSR count). The van der Waals surface area contributed by atoms with Crippen LogP contribution in [0.5, 0.6) is 6.01 Å². The van der Waals surface area contributed by atoms with Gasteiger partial charge in [0, 0.05) is 18.4 Å².